The molecule has 0 unspecified atom stereocenters. The van der Waals surface area contributed by atoms with Gasteiger partial charge in [-0.15, -0.1) is 11.3 Å². The fraction of sp³-hybridized carbons (Fsp3) is 0. The Morgan fingerprint density at radius 1 is 0.355 bits per heavy atom. The summed E-state index contributed by atoms with van der Waals surface area (Å²) in [4.78, 5) is 10.6. The molecule has 0 radical (unpaired) electrons. The quantitative estimate of drug-likeness (QED) is 0.161. The van der Waals surface area contributed by atoms with E-state index in [2.05, 4.69) is 206 Å². The Bertz CT molecular complexity index is 3630. The summed E-state index contributed by atoms with van der Waals surface area (Å²) in [5.74, 6) is 0.712. The highest BCUT2D eigenvalue weighted by atomic mass is 32.1. The first-order chi connectivity index (χ1) is 30.7. The lowest BCUT2D eigenvalue weighted by Gasteiger charge is -2.20. The molecule has 0 saturated carbocycles. The predicted molar refractivity (Wildman–Crippen MR) is 260 cm³/mol. The molecule has 0 bridgehead atoms. The summed E-state index contributed by atoms with van der Waals surface area (Å²) in [7, 11) is 0. The molecular weight excluding hydrogens is 773 g/mol. The molecule has 3 aromatic heterocycles. The molecule has 0 aliphatic heterocycles. The number of rotatable bonds is 7. The van der Waals surface area contributed by atoms with E-state index in [4.69, 9.17) is 14.4 Å². The van der Waals surface area contributed by atoms with E-state index in [0.29, 0.717) is 5.82 Å². The van der Waals surface area contributed by atoms with E-state index < -0.39 is 0 Å². The minimum Gasteiger partial charge on any atom is -0.455 e. The number of hydrogen-bond donors (Lipinski definition) is 0. The Hall–Kier alpha value is -7.92. The van der Waals surface area contributed by atoms with E-state index in [1.165, 1.54) is 4.70 Å². The van der Waals surface area contributed by atoms with E-state index in [1.54, 1.807) is 11.3 Å². The van der Waals surface area contributed by atoms with Crippen molar-refractivity contribution in [3.63, 3.8) is 0 Å². The van der Waals surface area contributed by atoms with Gasteiger partial charge in [-0.25, -0.2) is 9.97 Å². The fourth-order valence-corrected chi connectivity index (χ4v) is 10.1. The smallest absolute Gasteiger partial charge is 0.160 e. The molecular formula is C58H36N2OS. The second kappa shape index (κ2) is 15.0. The molecule has 0 aliphatic carbocycles. The molecule has 3 nitrogen and oxygen atoms in total. The average Bonchev–Trinajstić information content (AvgIpc) is 3.93. The third kappa shape index (κ3) is 6.20. The predicted octanol–water partition coefficient (Wildman–Crippen LogP) is 16.4. The highest BCUT2D eigenvalue weighted by Crippen LogP contribution is 2.47. The average molecular weight is 809 g/mol. The lowest BCUT2D eigenvalue weighted by atomic mass is 9.84. The Morgan fingerprint density at radius 3 is 1.69 bits per heavy atom. The molecule has 0 N–H and O–H groups in total. The van der Waals surface area contributed by atoms with Gasteiger partial charge in [-0.2, -0.15) is 0 Å². The lowest BCUT2D eigenvalue weighted by Crippen LogP contribution is -1.94. The Kier molecular flexibility index (Phi) is 8.68. The highest BCUT2D eigenvalue weighted by Gasteiger charge is 2.22. The normalized spacial score (nSPS) is 11.5. The minimum absolute atomic E-state index is 0.712. The summed E-state index contributed by atoms with van der Waals surface area (Å²) >= 11 is 1.76. The van der Waals surface area contributed by atoms with Crippen LogP contribution < -0.4 is 0 Å². The molecule has 0 fully saturated rings. The molecule has 0 saturated heterocycles. The molecule has 3 heterocycles. The van der Waals surface area contributed by atoms with Crippen molar-refractivity contribution < 1.29 is 4.42 Å². The summed E-state index contributed by atoms with van der Waals surface area (Å²) < 4.78 is 9.02. The maximum absolute atomic E-state index is 6.71. The molecule has 4 heteroatoms. The number of furan rings is 1. The van der Waals surface area contributed by atoms with Gasteiger partial charge >= 0.3 is 0 Å². The van der Waals surface area contributed by atoms with Gasteiger partial charge in [-0.05, 0) is 86.5 Å². The molecule has 12 aromatic rings. The van der Waals surface area contributed by atoms with Gasteiger partial charge in [0.05, 0.1) is 15.9 Å². The van der Waals surface area contributed by atoms with E-state index in [1.807, 2.05) is 12.1 Å². The molecule has 0 amide bonds. The van der Waals surface area contributed by atoms with Gasteiger partial charge in [0, 0.05) is 37.5 Å². The molecule has 290 valence electrons. The molecule has 0 spiro atoms. The van der Waals surface area contributed by atoms with Crippen LogP contribution in [-0.4, -0.2) is 9.97 Å². The Labute approximate surface area is 362 Å². The van der Waals surface area contributed by atoms with Crippen molar-refractivity contribution in [1.29, 1.82) is 0 Å². The van der Waals surface area contributed by atoms with E-state index in [9.17, 15) is 0 Å². The standard InChI is InChI=1S/C58H36N2OS/c1-4-17-37(18-5-1)44-35-49(53(38-19-6-2-7-20-38)50(36-44)47-30-16-29-46-45-27-10-12-31-51(45)61-56(46)47)42-25-14-23-40(33-42)41-24-15-26-43(34-41)58-59-54(39-21-8-3-9-22-39)57-55(60-58)48-28-11-13-32-52(48)62-57/h1-36H. The van der Waals surface area contributed by atoms with Crippen molar-refractivity contribution >= 4 is 53.6 Å². The Morgan fingerprint density at radius 2 is 0.919 bits per heavy atom. The van der Waals surface area contributed by atoms with Gasteiger partial charge in [0.1, 0.15) is 11.2 Å². The maximum Gasteiger partial charge on any atom is 0.160 e. The second-order valence-electron chi connectivity index (χ2n) is 15.7. The van der Waals surface area contributed by atoms with Crippen molar-refractivity contribution in [2.45, 2.75) is 0 Å². The number of para-hydroxylation sites is 2. The molecule has 0 atom stereocenters. The van der Waals surface area contributed by atoms with Crippen molar-refractivity contribution in [3.8, 4) is 78.3 Å². The largest absolute Gasteiger partial charge is 0.455 e. The number of fused-ring (bicyclic) bond motifs is 6. The number of benzene rings is 9. The fourth-order valence-electron chi connectivity index (χ4n) is 8.97. The lowest BCUT2D eigenvalue weighted by molar-refractivity contribution is 0.670. The van der Waals surface area contributed by atoms with Crippen LogP contribution in [0.4, 0.5) is 0 Å². The summed E-state index contributed by atoms with van der Waals surface area (Å²) in [6.07, 6.45) is 0. The van der Waals surface area contributed by atoms with E-state index in [-0.39, 0.29) is 0 Å². The van der Waals surface area contributed by atoms with Crippen LogP contribution in [0.25, 0.3) is 121 Å². The van der Waals surface area contributed by atoms with Crippen molar-refractivity contribution in [2.75, 3.05) is 0 Å². The first kappa shape index (κ1) is 36.0. The van der Waals surface area contributed by atoms with Gasteiger partial charge in [0.25, 0.3) is 0 Å². The minimum atomic E-state index is 0.712. The zero-order valence-corrected chi connectivity index (χ0v) is 34.3. The number of thiophene rings is 1. The van der Waals surface area contributed by atoms with Crippen LogP contribution in [0.3, 0.4) is 0 Å². The van der Waals surface area contributed by atoms with Crippen molar-refractivity contribution in [1.82, 2.24) is 9.97 Å². The van der Waals surface area contributed by atoms with Gasteiger partial charge in [0.15, 0.2) is 5.82 Å². The van der Waals surface area contributed by atoms with Crippen LogP contribution in [0.15, 0.2) is 223 Å². The van der Waals surface area contributed by atoms with Crippen LogP contribution in [0.5, 0.6) is 0 Å². The van der Waals surface area contributed by atoms with Crippen LogP contribution in [-0.2, 0) is 0 Å². The van der Waals surface area contributed by atoms with Crippen LogP contribution in [0.1, 0.15) is 0 Å². The number of nitrogens with zero attached hydrogens (tertiary/aromatic N) is 2. The maximum atomic E-state index is 6.71. The van der Waals surface area contributed by atoms with Crippen LogP contribution in [0, 0.1) is 0 Å². The zero-order valence-electron chi connectivity index (χ0n) is 33.5. The number of aromatic nitrogens is 2. The molecule has 0 aliphatic rings. The van der Waals surface area contributed by atoms with Crippen LogP contribution in [0.2, 0.25) is 0 Å². The zero-order chi connectivity index (χ0) is 41.0. The van der Waals surface area contributed by atoms with Gasteiger partial charge < -0.3 is 4.42 Å². The molecule has 62 heavy (non-hydrogen) atoms. The van der Waals surface area contributed by atoms with E-state index >= 15 is 0 Å². The first-order valence-corrected chi connectivity index (χ1v) is 21.7. The molecule has 12 rings (SSSR count). The topological polar surface area (TPSA) is 38.9 Å². The van der Waals surface area contributed by atoms with Gasteiger partial charge in [0.2, 0.25) is 0 Å². The molecule has 9 aromatic carbocycles. The van der Waals surface area contributed by atoms with Crippen molar-refractivity contribution in [3.05, 3.63) is 218 Å². The monoisotopic (exact) mass is 808 g/mol. The second-order valence-corrected chi connectivity index (χ2v) is 16.7. The summed E-state index contributed by atoms with van der Waals surface area (Å²) in [5.41, 5.74) is 17.0. The summed E-state index contributed by atoms with van der Waals surface area (Å²) in [6.45, 7) is 0. The van der Waals surface area contributed by atoms with Crippen molar-refractivity contribution in [2.24, 2.45) is 0 Å². The third-order valence-corrected chi connectivity index (χ3v) is 13.1. The summed E-state index contributed by atoms with van der Waals surface area (Å²) in [6, 6.07) is 77.6. The van der Waals surface area contributed by atoms with Gasteiger partial charge in [-0.1, -0.05) is 182 Å². The highest BCUT2D eigenvalue weighted by molar-refractivity contribution is 7.26. The first-order valence-electron chi connectivity index (χ1n) is 20.9. The van der Waals surface area contributed by atoms with Gasteiger partial charge in [-0.3, -0.25) is 0 Å². The Balaban J connectivity index is 1.05. The third-order valence-electron chi connectivity index (χ3n) is 11.9. The van der Waals surface area contributed by atoms with Crippen LogP contribution >= 0.6 is 11.3 Å². The van der Waals surface area contributed by atoms with E-state index in [0.717, 1.165) is 110 Å². The summed E-state index contributed by atoms with van der Waals surface area (Å²) in [5, 5.41) is 3.38. The SMILES string of the molecule is c1ccc(-c2cc(-c3cccc(-c4cccc(-c5nc(-c6ccccc6)c6sc7ccccc7c6n5)c4)c3)c(-c3ccccc3)c(-c3cccc4c3oc3ccccc34)c2)cc1. The number of hydrogen-bond acceptors (Lipinski definition) is 4.